The molecule has 0 aromatic heterocycles. The maximum absolute atomic E-state index is 14.2. The molecule has 1 unspecified atom stereocenters. The molecule has 0 aliphatic heterocycles. The van der Waals surface area contributed by atoms with Crippen LogP contribution in [0.2, 0.25) is 0 Å². The number of hydrogen-bond donors (Lipinski definition) is 0. The summed E-state index contributed by atoms with van der Waals surface area (Å²) in [5, 5.41) is 0. The van der Waals surface area contributed by atoms with Crippen LogP contribution in [0.25, 0.3) is 11.1 Å². The molecule has 2 aromatic rings. The van der Waals surface area contributed by atoms with Crippen molar-refractivity contribution >= 4 is 12.4 Å². The van der Waals surface area contributed by atoms with Gasteiger partial charge in [0.1, 0.15) is 11.6 Å². The van der Waals surface area contributed by atoms with Crippen molar-refractivity contribution < 1.29 is 28.2 Å². The van der Waals surface area contributed by atoms with Crippen molar-refractivity contribution in [2.45, 2.75) is 13.3 Å². The van der Waals surface area contributed by atoms with E-state index in [0.717, 1.165) is 11.1 Å². The van der Waals surface area contributed by atoms with Crippen LogP contribution < -0.4 is 4.74 Å². The smallest absolute Gasteiger partial charge is 0.333 e. The lowest BCUT2D eigenvalue weighted by Gasteiger charge is -2.16. The highest BCUT2D eigenvalue weighted by Gasteiger charge is 2.15. The summed E-state index contributed by atoms with van der Waals surface area (Å²) >= 11 is 0. The largest absolute Gasteiger partial charge is 0.497 e. The molecule has 0 bridgehead atoms. The predicted molar refractivity (Wildman–Crippen MR) is 103 cm³/mol. The maximum atomic E-state index is 14.2. The summed E-state index contributed by atoms with van der Waals surface area (Å²) in [5.41, 5.74) is 2.46. The highest BCUT2D eigenvalue weighted by Crippen LogP contribution is 2.27. The van der Waals surface area contributed by atoms with Crippen LogP contribution in [0.4, 0.5) is 4.39 Å². The van der Waals surface area contributed by atoms with Crippen molar-refractivity contribution in [2.75, 3.05) is 20.3 Å². The first-order chi connectivity index (χ1) is 13.4. The lowest BCUT2D eigenvalue weighted by Crippen LogP contribution is -2.21. The Morgan fingerprint density at radius 1 is 1.18 bits per heavy atom. The molecule has 1 atom stereocenters. The number of carbonyl (C=O) groups excluding carboxylic acids is 2. The van der Waals surface area contributed by atoms with Crippen molar-refractivity contribution in [3.05, 3.63) is 66.0 Å². The van der Waals surface area contributed by atoms with Gasteiger partial charge in [0.15, 0.2) is 0 Å². The van der Waals surface area contributed by atoms with Gasteiger partial charge in [-0.2, -0.15) is 0 Å². The molecule has 2 rings (SSSR count). The third-order valence-corrected chi connectivity index (χ3v) is 4.16. The Morgan fingerprint density at radius 2 is 1.89 bits per heavy atom. The molecular formula is C22H23FO5. The Kier molecular flexibility index (Phi) is 7.75. The molecule has 0 spiro atoms. The normalized spacial score (nSPS) is 11.4. The fourth-order valence-corrected chi connectivity index (χ4v) is 2.67. The number of methoxy groups -OCH3 is 1. The van der Waals surface area contributed by atoms with E-state index >= 15 is 0 Å². The Labute approximate surface area is 163 Å². The molecule has 2 aromatic carbocycles. The molecule has 0 radical (unpaired) electrons. The van der Waals surface area contributed by atoms with Gasteiger partial charge in [0.2, 0.25) is 0 Å². The lowest BCUT2D eigenvalue weighted by molar-refractivity contribution is -0.141. The first-order valence-corrected chi connectivity index (χ1v) is 8.75. The van der Waals surface area contributed by atoms with Gasteiger partial charge in [-0.05, 0) is 36.6 Å². The van der Waals surface area contributed by atoms with Crippen molar-refractivity contribution in [3.63, 3.8) is 0 Å². The van der Waals surface area contributed by atoms with Crippen LogP contribution in [0, 0.1) is 11.7 Å². The van der Waals surface area contributed by atoms with E-state index in [4.69, 9.17) is 14.2 Å². The molecule has 0 N–H and O–H groups in total. The molecule has 0 saturated carbocycles. The third-order valence-electron chi connectivity index (χ3n) is 4.16. The number of halogens is 1. The molecule has 0 aliphatic rings. The standard InChI is InChI=1S/C22H23FO5/c1-15(2)22(25)28-13-17(12-27-14-24)10-16-4-6-18(7-5-16)20-9-8-19(26-3)11-21(20)23/h4-9,11,14,17H,1,10,12-13H2,2-3H3. The van der Waals surface area contributed by atoms with Crippen molar-refractivity contribution in [3.8, 4) is 16.9 Å². The van der Waals surface area contributed by atoms with Crippen molar-refractivity contribution in [2.24, 2.45) is 5.92 Å². The number of rotatable bonds is 10. The van der Waals surface area contributed by atoms with Crippen molar-refractivity contribution in [1.29, 1.82) is 0 Å². The van der Waals surface area contributed by atoms with E-state index < -0.39 is 5.97 Å². The van der Waals surface area contributed by atoms with Crippen LogP contribution in [0.5, 0.6) is 5.75 Å². The Morgan fingerprint density at radius 3 is 2.46 bits per heavy atom. The monoisotopic (exact) mass is 386 g/mol. The molecule has 148 valence electrons. The van der Waals surface area contributed by atoms with E-state index in [-0.39, 0.29) is 24.9 Å². The number of carbonyl (C=O) groups is 2. The molecule has 0 heterocycles. The highest BCUT2D eigenvalue weighted by atomic mass is 19.1. The summed E-state index contributed by atoms with van der Waals surface area (Å²) in [6.45, 7) is 5.70. The summed E-state index contributed by atoms with van der Waals surface area (Å²) in [7, 11) is 1.49. The molecule has 6 heteroatoms. The van der Waals surface area contributed by atoms with E-state index in [2.05, 4.69) is 6.58 Å². The minimum Gasteiger partial charge on any atom is -0.497 e. The SMILES string of the molecule is C=C(C)C(=O)OCC(COC=O)Cc1ccc(-c2ccc(OC)cc2F)cc1. The average Bonchev–Trinajstić information content (AvgIpc) is 2.70. The van der Waals surface area contributed by atoms with Gasteiger partial charge in [0.05, 0.1) is 20.3 Å². The van der Waals surface area contributed by atoms with E-state index in [1.54, 1.807) is 19.1 Å². The Hall–Kier alpha value is -3.15. The molecule has 5 nitrogen and oxygen atoms in total. The molecular weight excluding hydrogens is 363 g/mol. The van der Waals surface area contributed by atoms with Gasteiger partial charge in [0, 0.05) is 23.1 Å². The zero-order valence-electron chi connectivity index (χ0n) is 15.9. The second-order valence-corrected chi connectivity index (χ2v) is 6.42. The second-order valence-electron chi connectivity index (χ2n) is 6.42. The van der Waals surface area contributed by atoms with Gasteiger partial charge in [-0.15, -0.1) is 0 Å². The molecule has 0 saturated heterocycles. The summed E-state index contributed by atoms with van der Waals surface area (Å²) in [6.07, 6.45) is 0.530. The first kappa shape index (κ1) is 21.2. The Bertz CT molecular complexity index is 829. The zero-order chi connectivity index (χ0) is 20.5. The number of ether oxygens (including phenoxy) is 3. The van der Waals surface area contributed by atoms with E-state index in [1.807, 2.05) is 24.3 Å². The molecule has 0 amide bonds. The first-order valence-electron chi connectivity index (χ1n) is 8.75. The maximum Gasteiger partial charge on any atom is 0.333 e. The van der Waals surface area contributed by atoms with Crippen LogP contribution in [0.15, 0.2) is 54.6 Å². The lowest BCUT2D eigenvalue weighted by atomic mass is 9.97. The van der Waals surface area contributed by atoms with Gasteiger partial charge >= 0.3 is 5.97 Å². The van der Waals surface area contributed by atoms with E-state index in [0.29, 0.717) is 29.8 Å². The van der Waals surface area contributed by atoms with Gasteiger partial charge in [0.25, 0.3) is 6.47 Å². The number of hydrogen-bond acceptors (Lipinski definition) is 5. The van der Waals surface area contributed by atoms with Crippen LogP contribution in [0.3, 0.4) is 0 Å². The number of benzene rings is 2. The summed E-state index contributed by atoms with van der Waals surface area (Å²) in [5.74, 6) is -0.588. The fraction of sp³-hybridized carbons (Fsp3) is 0.273. The fourth-order valence-electron chi connectivity index (χ4n) is 2.67. The molecule has 0 aliphatic carbocycles. The minimum atomic E-state index is -0.485. The summed E-state index contributed by atoms with van der Waals surface area (Å²) in [4.78, 5) is 22.1. The highest BCUT2D eigenvalue weighted by molar-refractivity contribution is 5.86. The van der Waals surface area contributed by atoms with Crippen LogP contribution in [-0.2, 0) is 25.5 Å². The van der Waals surface area contributed by atoms with Crippen LogP contribution >= 0.6 is 0 Å². The van der Waals surface area contributed by atoms with E-state index in [1.165, 1.54) is 13.2 Å². The average molecular weight is 386 g/mol. The van der Waals surface area contributed by atoms with Crippen molar-refractivity contribution in [1.82, 2.24) is 0 Å². The van der Waals surface area contributed by atoms with Crippen LogP contribution in [0.1, 0.15) is 12.5 Å². The van der Waals surface area contributed by atoms with Gasteiger partial charge in [-0.1, -0.05) is 30.8 Å². The molecule has 28 heavy (non-hydrogen) atoms. The summed E-state index contributed by atoms with van der Waals surface area (Å²) < 4.78 is 29.3. The van der Waals surface area contributed by atoms with Gasteiger partial charge < -0.3 is 14.2 Å². The minimum absolute atomic E-state index is 0.106. The Balaban J connectivity index is 2.08. The second kappa shape index (κ2) is 10.3. The predicted octanol–water partition coefficient (Wildman–Crippen LogP) is 3.95. The van der Waals surface area contributed by atoms with Gasteiger partial charge in [-0.25, -0.2) is 9.18 Å². The number of esters is 1. The molecule has 0 fully saturated rings. The quantitative estimate of drug-likeness (QED) is 0.351. The van der Waals surface area contributed by atoms with Crippen LogP contribution in [-0.4, -0.2) is 32.8 Å². The topological polar surface area (TPSA) is 61.8 Å². The summed E-state index contributed by atoms with van der Waals surface area (Å²) in [6, 6.07) is 12.1. The van der Waals surface area contributed by atoms with Gasteiger partial charge in [-0.3, -0.25) is 4.79 Å². The zero-order valence-corrected chi connectivity index (χ0v) is 15.9. The van der Waals surface area contributed by atoms with E-state index in [9.17, 15) is 14.0 Å². The third kappa shape index (κ3) is 5.94.